The Balaban J connectivity index is 1.75. The Morgan fingerprint density at radius 1 is 1.53 bits per heavy atom. The number of hydrogen-bond acceptors (Lipinski definition) is 5. The normalized spacial score (nSPS) is 17.6. The Bertz CT molecular complexity index is 309. The predicted molar refractivity (Wildman–Crippen MR) is 62.3 cm³/mol. The molecule has 1 N–H and O–H groups in total. The van der Waals surface area contributed by atoms with Crippen LogP contribution in [0.2, 0.25) is 0 Å². The first kappa shape index (κ1) is 10.9. The van der Waals surface area contributed by atoms with E-state index in [1.165, 1.54) is 30.5 Å². The molecular formula is C9H13N3OS2. The van der Waals surface area contributed by atoms with Crippen molar-refractivity contribution in [2.24, 2.45) is 5.92 Å². The second-order valence-electron chi connectivity index (χ2n) is 3.55. The maximum absolute atomic E-state index is 11.6. The second-order valence-corrected chi connectivity index (χ2v) is 5.56. The number of carbonyl (C=O) groups excluding carboxylic acids is 1. The monoisotopic (exact) mass is 243 g/mol. The smallest absolute Gasteiger partial charge is 0.264 e. The highest BCUT2D eigenvalue weighted by atomic mass is 32.2. The third-order valence-electron chi connectivity index (χ3n) is 2.48. The minimum absolute atomic E-state index is 0.0387. The van der Waals surface area contributed by atoms with Crippen molar-refractivity contribution in [1.29, 1.82) is 0 Å². The number of hydrogen-bond donors (Lipinski definition) is 1. The van der Waals surface area contributed by atoms with Crippen molar-refractivity contribution in [3.8, 4) is 0 Å². The van der Waals surface area contributed by atoms with Gasteiger partial charge in [-0.3, -0.25) is 4.79 Å². The van der Waals surface area contributed by atoms with Gasteiger partial charge in [0.1, 0.15) is 4.88 Å². The SMILES string of the molecule is O=C(NCC1CCSCC1)c1cnns1. The lowest BCUT2D eigenvalue weighted by molar-refractivity contribution is 0.0950. The number of nitrogens with one attached hydrogen (secondary N) is 1. The molecule has 82 valence electrons. The van der Waals surface area contributed by atoms with E-state index in [-0.39, 0.29) is 5.91 Å². The van der Waals surface area contributed by atoms with Gasteiger partial charge in [-0.1, -0.05) is 4.49 Å². The lowest BCUT2D eigenvalue weighted by Crippen LogP contribution is -2.30. The summed E-state index contributed by atoms with van der Waals surface area (Å²) in [6, 6.07) is 0. The molecule has 0 spiro atoms. The van der Waals surface area contributed by atoms with Crippen LogP contribution in [0.25, 0.3) is 0 Å². The Kier molecular flexibility index (Phi) is 3.96. The zero-order valence-corrected chi connectivity index (χ0v) is 9.94. The van der Waals surface area contributed by atoms with Crippen LogP contribution in [0.1, 0.15) is 22.5 Å². The quantitative estimate of drug-likeness (QED) is 0.872. The molecular weight excluding hydrogens is 230 g/mol. The molecule has 1 aromatic rings. The largest absolute Gasteiger partial charge is 0.351 e. The van der Waals surface area contributed by atoms with Crippen molar-refractivity contribution in [1.82, 2.24) is 14.9 Å². The van der Waals surface area contributed by atoms with E-state index in [1.54, 1.807) is 0 Å². The molecule has 0 atom stereocenters. The summed E-state index contributed by atoms with van der Waals surface area (Å²) in [6.07, 6.45) is 3.94. The molecule has 0 saturated carbocycles. The third kappa shape index (κ3) is 3.17. The van der Waals surface area contributed by atoms with Crippen molar-refractivity contribution in [2.45, 2.75) is 12.8 Å². The van der Waals surface area contributed by atoms with Crippen LogP contribution < -0.4 is 5.32 Å². The van der Waals surface area contributed by atoms with E-state index in [4.69, 9.17) is 0 Å². The average Bonchev–Trinajstić information content (AvgIpc) is 2.81. The highest BCUT2D eigenvalue weighted by Gasteiger charge is 2.15. The fraction of sp³-hybridized carbons (Fsp3) is 0.667. The molecule has 4 nitrogen and oxygen atoms in total. The van der Waals surface area contributed by atoms with Crippen molar-refractivity contribution in [2.75, 3.05) is 18.1 Å². The fourth-order valence-electron chi connectivity index (χ4n) is 1.54. The molecule has 1 fully saturated rings. The highest BCUT2D eigenvalue weighted by molar-refractivity contribution is 7.99. The molecule has 1 amide bonds. The molecule has 0 aromatic carbocycles. The highest BCUT2D eigenvalue weighted by Crippen LogP contribution is 2.21. The van der Waals surface area contributed by atoms with Crippen LogP contribution in [0.5, 0.6) is 0 Å². The minimum atomic E-state index is -0.0387. The van der Waals surface area contributed by atoms with Gasteiger partial charge in [-0.15, -0.1) is 5.10 Å². The first-order valence-corrected chi connectivity index (χ1v) is 6.92. The summed E-state index contributed by atoms with van der Waals surface area (Å²) in [7, 11) is 0. The first-order chi connectivity index (χ1) is 7.36. The topological polar surface area (TPSA) is 54.9 Å². The molecule has 6 heteroatoms. The van der Waals surface area contributed by atoms with Gasteiger partial charge >= 0.3 is 0 Å². The van der Waals surface area contributed by atoms with E-state index in [1.807, 2.05) is 11.8 Å². The van der Waals surface area contributed by atoms with Gasteiger partial charge in [-0.25, -0.2) is 0 Å². The molecule has 1 aliphatic heterocycles. The lowest BCUT2D eigenvalue weighted by atomic mass is 10.0. The summed E-state index contributed by atoms with van der Waals surface area (Å²) >= 11 is 3.14. The standard InChI is InChI=1S/C9H13N3OS2/c13-9(8-6-11-12-15-8)10-5-7-1-3-14-4-2-7/h6-7H,1-5H2,(H,10,13). The molecule has 0 aliphatic carbocycles. The van der Waals surface area contributed by atoms with Crippen LogP contribution in [-0.4, -0.2) is 33.5 Å². The zero-order valence-electron chi connectivity index (χ0n) is 8.31. The van der Waals surface area contributed by atoms with E-state index in [9.17, 15) is 4.79 Å². The van der Waals surface area contributed by atoms with Crippen molar-refractivity contribution < 1.29 is 4.79 Å². The summed E-state index contributed by atoms with van der Waals surface area (Å²) < 4.78 is 3.67. The average molecular weight is 243 g/mol. The number of aromatic nitrogens is 2. The van der Waals surface area contributed by atoms with Crippen LogP contribution in [0, 0.1) is 5.92 Å². The van der Waals surface area contributed by atoms with Gasteiger partial charge in [-0.05, 0) is 41.8 Å². The van der Waals surface area contributed by atoms with E-state index in [0.29, 0.717) is 10.8 Å². The Morgan fingerprint density at radius 3 is 3.00 bits per heavy atom. The van der Waals surface area contributed by atoms with Gasteiger partial charge in [0.05, 0.1) is 6.20 Å². The number of thioether (sulfide) groups is 1. The van der Waals surface area contributed by atoms with Gasteiger partial charge < -0.3 is 5.32 Å². The van der Waals surface area contributed by atoms with Crippen LogP contribution in [0.3, 0.4) is 0 Å². The molecule has 15 heavy (non-hydrogen) atoms. The van der Waals surface area contributed by atoms with Gasteiger partial charge in [0.25, 0.3) is 5.91 Å². The minimum Gasteiger partial charge on any atom is -0.351 e. The van der Waals surface area contributed by atoms with E-state index >= 15 is 0 Å². The van der Waals surface area contributed by atoms with Gasteiger partial charge in [0.15, 0.2) is 0 Å². The molecule has 2 heterocycles. The number of amides is 1. The second kappa shape index (κ2) is 5.46. The van der Waals surface area contributed by atoms with Crippen LogP contribution in [0.15, 0.2) is 6.20 Å². The number of carbonyl (C=O) groups is 1. The molecule has 1 saturated heterocycles. The van der Waals surface area contributed by atoms with E-state index in [2.05, 4.69) is 14.9 Å². The van der Waals surface area contributed by atoms with Crippen LogP contribution in [0.4, 0.5) is 0 Å². The van der Waals surface area contributed by atoms with Gasteiger partial charge in [0, 0.05) is 6.54 Å². The molecule has 1 aromatic heterocycles. The van der Waals surface area contributed by atoms with E-state index in [0.717, 1.165) is 18.1 Å². The van der Waals surface area contributed by atoms with Crippen LogP contribution in [-0.2, 0) is 0 Å². The van der Waals surface area contributed by atoms with Gasteiger partial charge in [0.2, 0.25) is 0 Å². The number of rotatable bonds is 3. The summed E-state index contributed by atoms with van der Waals surface area (Å²) in [4.78, 5) is 12.2. The third-order valence-corrected chi connectivity index (χ3v) is 4.19. The molecule has 1 aliphatic rings. The maximum atomic E-state index is 11.6. The Hall–Kier alpha value is -0.620. The zero-order chi connectivity index (χ0) is 10.5. The number of nitrogens with zero attached hydrogens (tertiary/aromatic N) is 2. The molecule has 0 unspecified atom stereocenters. The summed E-state index contributed by atoms with van der Waals surface area (Å²) in [6.45, 7) is 0.789. The predicted octanol–water partition coefficient (Wildman–Crippen LogP) is 1.41. The Morgan fingerprint density at radius 2 is 2.33 bits per heavy atom. The molecule has 2 rings (SSSR count). The summed E-state index contributed by atoms with van der Waals surface area (Å²) in [5.74, 6) is 3.06. The Labute approximate surface area is 97.0 Å². The fourth-order valence-corrected chi connectivity index (χ4v) is 3.18. The lowest BCUT2D eigenvalue weighted by Gasteiger charge is -2.21. The van der Waals surface area contributed by atoms with Crippen molar-refractivity contribution >= 4 is 29.2 Å². The van der Waals surface area contributed by atoms with E-state index < -0.39 is 0 Å². The van der Waals surface area contributed by atoms with Crippen molar-refractivity contribution in [3.63, 3.8) is 0 Å². The molecule has 0 radical (unpaired) electrons. The molecule has 0 bridgehead atoms. The van der Waals surface area contributed by atoms with Gasteiger partial charge in [-0.2, -0.15) is 11.8 Å². The summed E-state index contributed by atoms with van der Waals surface area (Å²) in [5, 5.41) is 6.58. The summed E-state index contributed by atoms with van der Waals surface area (Å²) in [5.41, 5.74) is 0. The first-order valence-electron chi connectivity index (χ1n) is 4.99. The van der Waals surface area contributed by atoms with Crippen molar-refractivity contribution in [3.05, 3.63) is 11.1 Å². The van der Waals surface area contributed by atoms with Crippen LogP contribution >= 0.6 is 23.3 Å². The maximum Gasteiger partial charge on any atom is 0.264 e.